The minimum Gasteiger partial charge on any atom is -0.696 e. The molecule has 1 radical (unpaired) electrons. The molecular formula is C26H46BCdN6OS3. The molecule has 0 aliphatic carbocycles. The summed E-state index contributed by atoms with van der Waals surface area (Å²) >= 11 is 17.7. The molecule has 0 aliphatic heterocycles. The van der Waals surface area contributed by atoms with Crippen molar-refractivity contribution in [2.24, 2.45) is 0 Å². The van der Waals surface area contributed by atoms with Gasteiger partial charge in [0.15, 0.2) is 0 Å². The van der Waals surface area contributed by atoms with E-state index in [4.69, 9.17) is 42.6 Å². The fraction of sp³-hybridized carbons (Fsp3) is 0.615. The Kier molecular flexibility index (Phi) is 13.9. The van der Waals surface area contributed by atoms with Crippen LogP contribution in [0.4, 0.5) is 0 Å². The normalized spacial score (nSPS) is 12.0. The number of nitrogens with zero attached hydrogens (tertiary/aromatic N) is 6. The molecule has 0 atom stereocenters. The van der Waals surface area contributed by atoms with Crippen LogP contribution in [0, 0.1) is 7.43 Å². The molecule has 0 spiro atoms. The second kappa shape index (κ2) is 14.2. The number of ether oxygens (including phenoxy) is 1. The Hall–Kier alpha value is -0.763. The van der Waals surface area contributed by atoms with Crippen molar-refractivity contribution in [1.82, 2.24) is 13.7 Å². The van der Waals surface area contributed by atoms with Crippen LogP contribution in [-0.2, 0) is 86.5 Å². The summed E-state index contributed by atoms with van der Waals surface area (Å²) in [7, 11) is -0.344. The summed E-state index contributed by atoms with van der Waals surface area (Å²) < 4.78 is 17.3. The zero-order valence-corrected chi connectivity index (χ0v) is 32.0. The minimum atomic E-state index is -0.344. The Morgan fingerprint density at radius 1 is 0.632 bits per heavy atom. The molecule has 0 unspecified atom stereocenters. The van der Waals surface area contributed by atoms with Gasteiger partial charge < -0.3 is 63.5 Å². The Balaban J connectivity index is 0.00000179. The van der Waals surface area contributed by atoms with E-state index >= 15 is 0 Å². The van der Waals surface area contributed by atoms with Gasteiger partial charge in [-0.3, -0.25) is 13.7 Å². The Morgan fingerprint density at radius 2 is 0.868 bits per heavy atom. The van der Waals surface area contributed by atoms with Gasteiger partial charge in [-0.15, -0.1) is 0 Å². The van der Waals surface area contributed by atoms with Gasteiger partial charge in [0.1, 0.15) is 35.2 Å². The molecule has 0 saturated heterocycles. The summed E-state index contributed by atoms with van der Waals surface area (Å²) in [5, 5.41) is 2.15. The van der Waals surface area contributed by atoms with E-state index in [1.807, 2.05) is 51.0 Å². The summed E-state index contributed by atoms with van der Waals surface area (Å²) in [4.78, 5) is 0. The standard InChI is InChI=1S/C21H33BN6S3.C4H10O.CH3.Cd/c1-19(2,3)23-10-13-26(16(23)29)22(27-14-11-24(17(27)30)20(4,5)6)28-15-12-25(18(28)31)21(7,8)9;1-3-5-4-2;;/h10-15H,1-9H3;3-4H2,1-2H3;1H3;/q-1;;-1;+2. The van der Waals surface area contributed by atoms with Gasteiger partial charge in [0.05, 0.1) is 34.1 Å². The second-order valence-electron chi connectivity index (χ2n) is 11.7. The molecule has 0 saturated carbocycles. The van der Waals surface area contributed by atoms with Crippen molar-refractivity contribution in [2.75, 3.05) is 13.2 Å². The Morgan fingerprint density at radius 3 is 1.00 bits per heavy atom. The van der Waals surface area contributed by atoms with Gasteiger partial charge in [-0.2, -0.15) is 0 Å². The van der Waals surface area contributed by atoms with Gasteiger partial charge in [-0.05, 0) is 76.2 Å². The molecule has 0 fully saturated rings. The average Bonchev–Trinajstić information content (AvgIpc) is 3.41. The average molecular weight is 678 g/mol. The third kappa shape index (κ3) is 8.37. The first-order valence-corrected chi connectivity index (χ1v) is 13.7. The molecule has 3 rings (SSSR count). The number of aromatic nitrogens is 6. The molecule has 38 heavy (non-hydrogen) atoms. The molecule has 3 aromatic rings. The van der Waals surface area contributed by atoms with E-state index in [1.54, 1.807) is 0 Å². The Bertz CT molecular complexity index is 1020. The van der Waals surface area contributed by atoms with Crippen molar-refractivity contribution in [3.63, 3.8) is 0 Å². The molecule has 3 heterocycles. The van der Waals surface area contributed by atoms with E-state index in [1.165, 1.54) is 0 Å². The molecule has 7 nitrogen and oxygen atoms in total. The van der Waals surface area contributed by atoms with E-state index in [2.05, 4.69) is 89.4 Å². The van der Waals surface area contributed by atoms with Crippen molar-refractivity contribution >= 4 is 45.0 Å². The van der Waals surface area contributed by atoms with Crippen molar-refractivity contribution < 1.29 is 45.5 Å². The maximum atomic E-state index is 5.91. The third-order valence-corrected chi connectivity index (χ3v) is 6.96. The van der Waals surface area contributed by atoms with Crippen LogP contribution < -0.4 is 13.4 Å². The van der Waals surface area contributed by atoms with Gasteiger partial charge >= 0.3 is 34.4 Å². The minimum absolute atomic E-state index is 0. The monoisotopic (exact) mass is 679 g/mol. The van der Waals surface area contributed by atoms with E-state index in [0.717, 1.165) is 13.2 Å². The fourth-order valence-electron chi connectivity index (χ4n) is 3.84. The summed E-state index contributed by atoms with van der Waals surface area (Å²) in [5.41, 5.74) is -0.403. The van der Waals surface area contributed by atoms with E-state index in [9.17, 15) is 0 Å². The number of hydrogen-bond acceptors (Lipinski definition) is 4. The largest absolute Gasteiger partial charge is 2.00 e. The van der Waals surface area contributed by atoms with Crippen LogP contribution in [0.15, 0.2) is 52.7 Å². The van der Waals surface area contributed by atoms with Crippen molar-refractivity contribution in [1.29, 1.82) is 0 Å². The summed E-state index contributed by atoms with van der Waals surface area (Å²) in [6.45, 7) is 25.0. The molecule has 0 amide bonds. The van der Waals surface area contributed by atoms with Crippen LogP contribution in [0.5, 0.6) is 0 Å². The maximum Gasteiger partial charge on any atom is 2.00 e. The Labute approximate surface area is 268 Å². The summed E-state index contributed by atoms with van der Waals surface area (Å²) in [5.74, 6) is 0. The smallest absolute Gasteiger partial charge is 0.696 e. The zero-order chi connectivity index (χ0) is 27.6. The van der Waals surface area contributed by atoms with Gasteiger partial charge in [0.2, 0.25) is 0 Å². The molecule has 3 aromatic heterocycles. The van der Waals surface area contributed by atoms with Gasteiger partial charge in [0.25, 0.3) is 0 Å². The fourth-order valence-corrected chi connectivity index (χ4v) is 5.31. The van der Waals surface area contributed by atoms with Crippen LogP contribution in [0.3, 0.4) is 0 Å². The van der Waals surface area contributed by atoms with Gasteiger partial charge in [-0.1, -0.05) is 0 Å². The predicted molar refractivity (Wildman–Crippen MR) is 156 cm³/mol. The van der Waals surface area contributed by atoms with Crippen LogP contribution >= 0.6 is 0 Å². The molecule has 0 aromatic carbocycles. The first kappa shape index (κ1) is 37.2. The molecule has 0 aliphatic rings. The van der Waals surface area contributed by atoms with Gasteiger partial charge in [0, 0.05) is 13.2 Å². The van der Waals surface area contributed by atoms with Gasteiger partial charge in [-0.25, -0.2) is 0 Å². The summed E-state index contributed by atoms with van der Waals surface area (Å²) in [6.07, 6.45) is 12.2. The molecule has 209 valence electrons. The van der Waals surface area contributed by atoms with Crippen LogP contribution in [0.25, 0.3) is 0 Å². The summed E-state index contributed by atoms with van der Waals surface area (Å²) in [6, 6.07) is 0. The molecular weight excluding hydrogens is 632 g/mol. The third-order valence-electron chi connectivity index (χ3n) is 5.73. The topological polar surface area (TPSA) is 35.7 Å². The predicted octanol–water partition coefficient (Wildman–Crippen LogP) is 3.36. The maximum absolute atomic E-state index is 5.91. The van der Waals surface area contributed by atoms with Crippen LogP contribution in [-0.4, -0.2) is 34.0 Å². The van der Waals surface area contributed by atoms with Crippen molar-refractivity contribution in [2.45, 2.75) is 108 Å². The van der Waals surface area contributed by atoms with Crippen LogP contribution in [0.2, 0.25) is 0 Å². The quantitative estimate of drug-likeness (QED) is 0.236. The molecule has 12 heteroatoms. The van der Waals surface area contributed by atoms with E-state index in [0.29, 0.717) is 15.5 Å². The number of imidazole rings is 3. The van der Waals surface area contributed by atoms with Crippen molar-refractivity contribution in [3.05, 3.63) is 44.6 Å². The van der Waals surface area contributed by atoms with Crippen molar-refractivity contribution in [3.8, 4) is 0 Å². The first-order chi connectivity index (χ1) is 16.5. The first-order valence-electron chi connectivity index (χ1n) is 12.4. The number of hydrogen-bond donors (Lipinski definition) is 0. The zero-order valence-electron chi connectivity index (χ0n) is 25.5. The second-order valence-corrected chi connectivity index (χ2v) is 12.8. The van der Waals surface area contributed by atoms with Crippen LogP contribution in [0.1, 0.15) is 76.2 Å². The molecule has 0 bridgehead atoms. The molecule has 0 N–H and O–H groups in total. The van der Waals surface area contributed by atoms with E-state index < -0.39 is 0 Å². The number of rotatable bonds is 5. The van der Waals surface area contributed by atoms with E-state index in [-0.39, 0.29) is 58.5 Å². The SMILES string of the molecule is CC(C)(C)n1cc[n+]([B-]([n+]2ccn(C(C)(C)C)c2[S-])[n+]2ccn(C(C)(C)C)c2[S-])c1[S-].CCOCC.[CH3-].[Cd+2].